The molecule has 0 spiro atoms. The van der Waals surface area contributed by atoms with Crippen molar-refractivity contribution in [2.45, 2.75) is 26.2 Å². The van der Waals surface area contributed by atoms with E-state index >= 15 is 0 Å². The third-order valence-electron chi connectivity index (χ3n) is 3.00. The topological polar surface area (TPSA) is 57.6 Å². The number of amides is 2. The molecule has 1 saturated carbocycles. The van der Waals surface area contributed by atoms with Crippen molar-refractivity contribution in [1.82, 2.24) is 5.06 Å². The van der Waals surface area contributed by atoms with Gasteiger partial charge in [0.2, 0.25) is 0 Å². The van der Waals surface area contributed by atoms with Gasteiger partial charge in [-0.05, 0) is 18.3 Å². The third kappa shape index (κ3) is 0.876. The number of carbonyl (C=O) groups is 2. The number of hydrogen-bond acceptors (Lipinski definition) is 3. The Bertz CT molecular complexity index is 257. The number of hydroxylamine groups is 2. The molecule has 1 N–H and O–H groups in total. The van der Waals surface area contributed by atoms with E-state index in [0.29, 0.717) is 0 Å². The summed E-state index contributed by atoms with van der Waals surface area (Å²) < 4.78 is 0. The molecular weight excluding hydrogens is 158 g/mol. The van der Waals surface area contributed by atoms with E-state index in [1.165, 1.54) is 0 Å². The summed E-state index contributed by atoms with van der Waals surface area (Å²) in [5.74, 6) is -1.15. The van der Waals surface area contributed by atoms with E-state index in [-0.39, 0.29) is 22.8 Å². The van der Waals surface area contributed by atoms with Crippen LogP contribution in [0.25, 0.3) is 0 Å². The van der Waals surface area contributed by atoms with Crippen LogP contribution in [0.4, 0.5) is 0 Å². The SMILES string of the molecule is CC1(C2CC(=O)N(O)C2=O)CC1. The molecule has 1 aliphatic heterocycles. The summed E-state index contributed by atoms with van der Waals surface area (Å²) >= 11 is 0. The molecule has 1 aliphatic carbocycles. The summed E-state index contributed by atoms with van der Waals surface area (Å²) in [4.78, 5) is 22.2. The summed E-state index contributed by atoms with van der Waals surface area (Å²) in [6.07, 6.45) is 2.17. The molecular formula is C8H11NO3. The Morgan fingerprint density at radius 3 is 2.42 bits per heavy atom. The molecule has 0 radical (unpaired) electrons. The van der Waals surface area contributed by atoms with Crippen molar-refractivity contribution in [3.05, 3.63) is 0 Å². The van der Waals surface area contributed by atoms with Crippen molar-refractivity contribution in [2.24, 2.45) is 11.3 Å². The third-order valence-corrected chi connectivity index (χ3v) is 3.00. The maximum Gasteiger partial charge on any atom is 0.257 e. The predicted octanol–water partition coefficient (Wildman–Crippen LogP) is 0.551. The highest BCUT2D eigenvalue weighted by atomic mass is 16.5. The number of hydrogen-bond donors (Lipinski definition) is 1. The summed E-state index contributed by atoms with van der Waals surface area (Å²) in [5, 5.41) is 9.23. The number of imide groups is 1. The van der Waals surface area contributed by atoms with Crippen LogP contribution in [0.5, 0.6) is 0 Å². The average Bonchev–Trinajstić information content (AvgIpc) is 2.71. The van der Waals surface area contributed by atoms with Crippen molar-refractivity contribution < 1.29 is 14.8 Å². The zero-order valence-electron chi connectivity index (χ0n) is 6.91. The molecule has 1 saturated heterocycles. The second-order valence-electron chi connectivity index (χ2n) is 3.95. The molecule has 0 bridgehead atoms. The summed E-state index contributed by atoms with van der Waals surface area (Å²) in [7, 11) is 0. The molecule has 1 heterocycles. The van der Waals surface area contributed by atoms with Gasteiger partial charge in [-0.15, -0.1) is 0 Å². The maximum atomic E-state index is 11.3. The molecule has 66 valence electrons. The second kappa shape index (κ2) is 2.07. The van der Waals surface area contributed by atoms with Crippen molar-refractivity contribution in [3.63, 3.8) is 0 Å². The highest BCUT2D eigenvalue weighted by Gasteiger charge is 2.54. The lowest BCUT2D eigenvalue weighted by Gasteiger charge is -2.13. The van der Waals surface area contributed by atoms with Crippen LogP contribution in [-0.2, 0) is 9.59 Å². The van der Waals surface area contributed by atoms with Gasteiger partial charge in [0.05, 0.1) is 5.92 Å². The largest absolute Gasteiger partial charge is 0.279 e. The Labute approximate surface area is 70.1 Å². The van der Waals surface area contributed by atoms with Crippen LogP contribution in [0.1, 0.15) is 26.2 Å². The molecule has 0 aromatic rings. The van der Waals surface area contributed by atoms with E-state index in [1.54, 1.807) is 0 Å². The molecule has 1 atom stereocenters. The minimum absolute atomic E-state index is 0.00970. The normalized spacial score (nSPS) is 32.8. The molecule has 4 heteroatoms. The Morgan fingerprint density at radius 1 is 1.50 bits per heavy atom. The lowest BCUT2D eigenvalue weighted by atomic mass is 9.90. The number of rotatable bonds is 1. The first-order chi connectivity index (χ1) is 5.54. The monoisotopic (exact) mass is 169 g/mol. The summed E-state index contributed by atoms with van der Waals surface area (Å²) in [6.45, 7) is 1.99. The van der Waals surface area contributed by atoms with Gasteiger partial charge in [-0.25, -0.2) is 0 Å². The van der Waals surface area contributed by atoms with E-state index in [4.69, 9.17) is 5.21 Å². The molecule has 0 aromatic heterocycles. The molecule has 2 fully saturated rings. The molecule has 2 aliphatic rings. The van der Waals surface area contributed by atoms with Gasteiger partial charge in [0.15, 0.2) is 0 Å². The summed E-state index contributed by atoms with van der Waals surface area (Å²) in [6, 6.07) is 0. The lowest BCUT2D eigenvalue weighted by molar-refractivity contribution is -0.172. The van der Waals surface area contributed by atoms with Gasteiger partial charge in [0.1, 0.15) is 0 Å². The van der Waals surface area contributed by atoms with E-state index in [1.807, 2.05) is 6.92 Å². The van der Waals surface area contributed by atoms with Crippen LogP contribution >= 0.6 is 0 Å². The Morgan fingerprint density at radius 2 is 2.08 bits per heavy atom. The zero-order chi connectivity index (χ0) is 8.93. The van der Waals surface area contributed by atoms with Crippen molar-refractivity contribution >= 4 is 11.8 Å². The van der Waals surface area contributed by atoms with Crippen LogP contribution in [0.3, 0.4) is 0 Å². The van der Waals surface area contributed by atoms with Gasteiger partial charge >= 0.3 is 0 Å². The van der Waals surface area contributed by atoms with Gasteiger partial charge in [0, 0.05) is 6.42 Å². The first-order valence-electron chi connectivity index (χ1n) is 4.10. The Kier molecular flexibility index (Phi) is 1.33. The first kappa shape index (κ1) is 7.73. The van der Waals surface area contributed by atoms with Crippen LogP contribution in [-0.4, -0.2) is 22.1 Å². The number of carbonyl (C=O) groups excluding carboxylic acids is 2. The van der Waals surface area contributed by atoms with E-state index in [9.17, 15) is 9.59 Å². The molecule has 0 aromatic carbocycles. The van der Waals surface area contributed by atoms with Crippen LogP contribution < -0.4 is 0 Å². The first-order valence-corrected chi connectivity index (χ1v) is 4.10. The van der Waals surface area contributed by atoms with E-state index in [2.05, 4.69) is 0 Å². The Hall–Kier alpha value is -0.900. The van der Waals surface area contributed by atoms with E-state index in [0.717, 1.165) is 12.8 Å². The van der Waals surface area contributed by atoms with Crippen LogP contribution in [0.15, 0.2) is 0 Å². The van der Waals surface area contributed by atoms with E-state index < -0.39 is 11.8 Å². The highest BCUT2D eigenvalue weighted by Crippen LogP contribution is 2.54. The lowest BCUT2D eigenvalue weighted by Crippen LogP contribution is -2.28. The summed E-state index contributed by atoms with van der Waals surface area (Å²) in [5.41, 5.74) is -0.00970. The van der Waals surface area contributed by atoms with Gasteiger partial charge in [-0.2, -0.15) is 5.06 Å². The van der Waals surface area contributed by atoms with Crippen molar-refractivity contribution in [2.75, 3.05) is 0 Å². The molecule has 4 nitrogen and oxygen atoms in total. The molecule has 12 heavy (non-hydrogen) atoms. The molecule has 2 rings (SSSR count). The number of nitrogens with zero attached hydrogens (tertiary/aromatic N) is 1. The fourth-order valence-electron chi connectivity index (χ4n) is 1.71. The highest BCUT2D eigenvalue weighted by molar-refractivity contribution is 6.02. The average molecular weight is 169 g/mol. The fourth-order valence-corrected chi connectivity index (χ4v) is 1.71. The van der Waals surface area contributed by atoms with Crippen LogP contribution in [0.2, 0.25) is 0 Å². The molecule has 2 amide bonds. The van der Waals surface area contributed by atoms with Gasteiger partial charge in [-0.3, -0.25) is 14.8 Å². The van der Waals surface area contributed by atoms with Crippen LogP contribution in [0, 0.1) is 11.3 Å². The van der Waals surface area contributed by atoms with Gasteiger partial charge in [-0.1, -0.05) is 6.92 Å². The fraction of sp³-hybridized carbons (Fsp3) is 0.750. The minimum Gasteiger partial charge on any atom is -0.279 e. The zero-order valence-corrected chi connectivity index (χ0v) is 6.91. The van der Waals surface area contributed by atoms with Gasteiger partial charge in [0.25, 0.3) is 11.8 Å². The minimum atomic E-state index is -0.460. The second-order valence-corrected chi connectivity index (χ2v) is 3.95. The Balaban J connectivity index is 2.20. The van der Waals surface area contributed by atoms with Crippen molar-refractivity contribution in [3.8, 4) is 0 Å². The van der Waals surface area contributed by atoms with Crippen molar-refractivity contribution in [1.29, 1.82) is 0 Å². The predicted molar refractivity (Wildman–Crippen MR) is 39.1 cm³/mol. The quantitative estimate of drug-likeness (QED) is 0.460. The smallest absolute Gasteiger partial charge is 0.257 e. The maximum absolute atomic E-state index is 11.3. The van der Waals surface area contributed by atoms with Gasteiger partial charge < -0.3 is 0 Å². The standard InChI is InChI=1S/C8H11NO3/c1-8(2-3-8)5-4-6(10)9(12)7(5)11/h5,12H,2-4H2,1H3. The molecule has 1 unspecified atom stereocenters.